The molecule has 1 aliphatic heterocycles. The van der Waals surface area contributed by atoms with Gasteiger partial charge in [0, 0.05) is 29.8 Å². The standard InChI is InChI=1S/C18H13N3O3S/c22-16(15-8-11-4-1-2-6-13(11)17(23)24-15)21-18-20-14(10-25-18)12-5-3-7-19-9-12/h1-7,9-10,15H,8H2,(H,20,21,22). The van der Waals surface area contributed by atoms with Crippen molar-refractivity contribution in [3.63, 3.8) is 0 Å². The van der Waals surface area contributed by atoms with Crippen molar-refractivity contribution in [2.24, 2.45) is 0 Å². The summed E-state index contributed by atoms with van der Waals surface area (Å²) in [7, 11) is 0. The molecule has 1 N–H and O–H groups in total. The number of nitrogens with one attached hydrogen (secondary N) is 1. The van der Waals surface area contributed by atoms with Crippen LogP contribution in [0.3, 0.4) is 0 Å². The van der Waals surface area contributed by atoms with Crippen molar-refractivity contribution in [3.05, 3.63) is 65.3 Å². The Kier molecular flexibility index (Phi) is 3.99. The van der Waals surface area contributed by atoms with Crippen LogP contribution < -0.4 is 5.32 Å². The highest BCUT2D eigenvalue weighted by molar-refractivity contribution is 7.14. The number of aromatic nitrogens is 2. The minimum absolute atomic E-state index is 0.356. The van der Waals surface area contributed by atoms with E-state index >= 15 is 0 Å². The second-order valence-electron chi connectivity index (χ2n) is 5.52. The molecule has 124 valence electrons. The number of hydrogen-bond acceptors (Lipinski definition) is 6. The van der Waals surface area contributed by atoms with E-state index in [9.17, 15) is 9.59 Å². The molecular formula is C18H13N3O3S. The molecule has 1 aliphatic rings. The van der Waals surface area contributed by atoms with E-state index < -0.39 is 12.1 Å². The Morgan fingerprint density at radius 1 is 1.24 bits per heavy atom. The normalized spacial score (nSPS) is 16.0. The van der Waals surface area contributed by atoms with Crippen LogP contribution in [0.1, 0.15) is 15.9 Å². The first-order chi connectivity index (χ1) is 12.2. The number of benzene rings is 1. The van der Waals surface area contributed by atoms with E-state index in [4.69, 9.17) is 4.74 Å². The van der Waals surface area contributed by atoms with Crippen LogP contribution in [-0.4, -0.2) is 27.9 Å². The van der Waals surface area contributed by atoms with E-state index in [2.05, 4.69) is 15.3 Å². The number of nitrogens with zero attached hydrogens (tertiary/aromatic N) is 2. The number of cyclic esters (lactones) is 1. The van der Waals surface area contributed by atoms with Crippen molar-refractivity contribution in [1.82, 2.24) is 9.97 Å². The number of anilines is 1. The number of rotatable bonds is 3. The van der Waals surface area contributed by atoms with E-state index in [0.717, 1.165) is 16.8 Å². The van der Waals surface area contributed by atoms with Gasteiger partial charge in [0.25, 0.3) is 5.91 Å². The zero-order valence-electron chi connectivity index (χ0n) is 13.0. The lowest BCUT2D eigenvalue weighted by atomic mass is 9.98. The number of carbonyl (C=O) groups is 2. The quantitative estimate of drug-likeness (QED) is 0.734. The molecule has 6 nitrogen and oxygen atoms in total. The van der Waals surface area contributed by atoms with Crippen LogP contribution in [-0.2, 0) is 16.0 Å². The smallest absolute Gasteiger partial charge is 0.339 e. The Balaban J connectivity index is 1.48. The van der Waals surface area contributed by atoms with Gasteiger partial charge in [-0.15, -0.1) is 11.3 Å². The first kappa shape index (κ1) is 15.5. The van der Waals surface area contributed by atoms with Gasteiger partial charge in [0.15, 0.2) is 11.2 Å². The zero-order chi connectivity index (χ0) is 17.2. The number of thiazole rings is 1. The third-order valence-electron chi connectivity index (χ3n) is 3.88. The van der Waals surface area contributed by atoms with E-state index in [-0.39, 0.29) is 5.91 Å². The maximum Gasteiger partial charge on any atom is 0.339 e. The number of pyridine rings is 1. The van der Waals surface area contributed by atoms with E-state index in [1.807, 2.05) is 29.6 Å². The van der Waals surface area contributed by atoms with Gasteiger partial charge in [0.2, 0.25) is 0 Å². The Bertz CT molecular complexity index is 940. The molecule has 3 aromatic rings. The SMILES string of the molecule is O=C1OC(C(=O)Nc2nc(-c3cccnc3)cs2)Cc2ccccc21. The van der Waals surface area contributed by atoms with Crippen LogP contribution in [0.4, 0.5) is 5.13 Å². The Labute approximate surface area is 147 Å². The lowest BCUT2D eigenvalue weighted by Gasteiger charge is -2.23. The van der Waals surface area contributed by atoms with Gasteiger partial charge in [0.05, 0.1) is 11.3 Å². The van der Waals surface area contributed by atoms with E-state index in [1.54, 1.807) is 24.5 Å². The number of hydrogen-bond donors (Lipinski definition) is 1. The number of esters is 1. The molecule has 1 unspecified atom stereocenters. The third-order valence-corrected chi connectivity index (χ3v) is 4.63. The maximum atomic E-state index is 12.4. The molecule has 4 rings (SSSR count). The van der Waals surface area contributed by atoms with Crippen molar-refractivity contribution in [1.29, 1.82) is 0 Å². The third kappa shape index (κ3) is 3.14. The minimum atomic E-state index is -0.854. The number of amides is 1. The van der Waals surface area contributed by atoms with Gasteiger partial charge in [-0.05, 0) is 23.8 Å². The van der Waals surface area contributed by atoms with Gasteiger partial charge in [-0.2, -0.15) is 0 Å². The Morgan fingerprint density at radius 3 is 2.96 bits per heavy atom. The first-order valence-corrected chi connectivity index (χ1v) is 8.54. The first-order valence-electron chi connectivity index (χ1n) is 7.66. The highest BCUT2D eigenvalue weighted by atomic mass is 32.1. The summed E-state index contributed by atoms with van der Waals surface area (Å²) in [4.78, 5) is 32.9. The van der Waals surface area contributed by atoms with Crippen LogP contribution in [0, 0.1) is 0 Å². The summed E-state index contributed by atoms with van der Waals surface area (Å²) in [5.74, 6) is -0.855. The summed E-state index contributed by atoms with van der Waals surface area (Å²) >= 11 is 1.31. The lowest BCUT2D eigenvalue weighted by molar-refractivity contribution is -0.125. The molecule has 0 saturated carbocycles. The fourth-order valence-corrected chi connectivity index (χ4v) is 3.36. The fraction of sp³-hybridized carbons (Fsp3) is 0.111. The highest BCUT2D eigenvalue weighted by Gasteiger charge is 2.31. The molecule has 0 spiro atoms. The number of carbonyl (C=O) groups excluding carboxylic acids is 2. The van der Waals surface area contributed by atoms with E-state index in [0.29, 0.717) is 17.1 Å². The van der Waals surface area contributed by atoms with Crippen LogP contribution in [0.2, 0.25) is 0 Å². The Hall–Kier alpha value is -3.06. The summed E-state index contributed by atoms with van der Waals surface area (Å²) in [6.45, 7) is 0. The van der Waals surface area contributed by atoms with Crippen molar-refractivity contribution < 1.29 is 14.3 Å². The predicted molar refractivity (Wildman–Crippen MR) is 93.3 cm³/mol. The molecule has 1 atom stereocenters. The molecule has 0 radical (unpaired) electrons. The topological polar surface area (TPSA) is 81.2 Å². The molecule has 0 aliphatic carbocycles. The fourth-order valence-electron chi connectivity index (χ4n) is 2.64. The minimum Gasteiger partial charge on any atom is -0.448 e. The second kappa shape index (κ2) is 6.45. The molecule has 7 heteroatoms. The van der Waals surface area contributed by atoms with Gasteiger partial charge in [-0.3, -0.25) is 15.1 Å². The summed E-state index contributed by atoms with van der Waals surface area (Å²) in [6, 6.07) is 10.9. The maximum absolute atomic E-state index is 12.4. The molecule has 25 heavy (non-hydrogen) atoms. The molecule has 0 saturated heterocycles. The predicted octanol–water partition coefficient (Wildman–Crippen LogP) is 2.93. The number of ether oxygens (including phenoxy) is 1. The molecule has 0 fully saturated rings. The van der Waals surface area contributed by atoms with Gasteiger partial charge < -0.3 is 4.74 Å². The molecule has 1 amide bonds. The van der Waals surface area contributed by atoms with Crippen LogP contribution in [0.25, 0.3) is 11.3 Å². The van der Waals surface area contributed by atoms with Gasteiger partial charge >= 0.3 is 5.97 Å². The molecule has 2 aromatic heterocycles. The van der Waals surface area contributed by atoms with Crippen molar-refractivity contribution in [2.75, 3.05) is 5.32 Å². The van der Waals surface area contributed by atoms with Gasteiger partial charge in [0.1, 0.15) is 0 Å². The van der Waals surface area contributed by atoms with Crippen molar-refractivity contribution >= 4 is 28.3 Å². The lowest BCUT2D eigenvalue weighted by Crippen LogP contribution is -2.37. The van der Waals surface area contributed by atoms with Crippen LogP contribution in [0.15, 0.2) is 54.2 Å². The summed E-state index contributed by atoms with van der Waals surface area (Å²) < 4.78 is 5.25. The molecular weight excluding hydrogens is 338 g/mol. The summed E-state index contributed by atoms with van der Waals surface area (Å²) in [5, 5.41) is 5.02. The van der Waals surface area contributed by atoms with Crippen molar-refractivity contribution in [3.8, 4) is 11.3 Å². The average molecular weight is 351 g/mol. The monoisotopic (exact) mass is 351 g/mol. The van der Waals surface area contributed by atoms with Crippen LogP contribution >= 0.6 is 11.3 Å². The van der Waals surface area contributed by atoms with Crippen molar-refractivity contribution in [2.45, 2.75) is 12.5 Å². The summed E-state index contributed by atoms with van der Waals surface area (Å²) in [5.41, 5.74) is 2.94. The highest BCUT2D eigenvalue weighted by Crippen LogP contribution is 2.25. The van der Waals surface area contributed by atoms with Gasteiger partial charge in [-0.25, -0.2) is 9.78 Å². The largest absolute Gasteiger partial charge is 0.448 e. The van der Waals surface area contributed by atoms with E-state index in [1.165, 1.54) is 11.3 Å². The molecule has 1 aromatic carbocycles. The average Bonchev–Trinajstić information content (AvgIpc) is 3.11. The second-order valence-corrected chi connectivity index (χ2v) is 6.38. The zero-order valence-corrected chi connectivity index (χ0v) is 13.8. The van der Waals surface area contributed by atoms with Gasteiger partial charge in [-0.1, -0.05) is 18.2 Å². The number of fused-ring (bicyclic) bond motifs is 1. The molecule has 3 heterocycles. The molecule has 0 bridgehead atoms. The summed E-state index contributed by atoms with van der Waals surface area (Å²) in [6.07, 6.45) is 2.90. The van der Waals surface area contributed by atoms with Crippen LogP contribution in [0.5, 0.6) is 0 Å². The Morgan fingerprint density at radius 2 is 2.12 bits per heavy atom.